The summed E-state index contributed by atoms with van der Waals surface area (Å²) in [6.45, 7) is 8.23. The number of unbranched alkanes of at least 4 members (excludes halogenated alkanes) is 6. The standard InChI is InChI=1S/C18H36O2/c1-4-6-8-10-12-18(3,13-11-9-7-5-2)16-14-20-15-17(16)19/h16-17,19H,4-15H2,1-3H3. The fourth-order valence-corrected chi connectivity index (χ4v) is 3.62. The Balaban J connectivity index is 2.47. The van der Waals surface area contributed by atoms with Crippen LogP contribution in [-0.2, 0) is 4.74 Å². The molecule has 2 heteroatoms. The molecule has 0 saturated carbocycles. The Hall–Kier alpha value is -0.0800. The maximum absolute atomic E-state index is 10.2. The van der Waals surface area contributed by atoms with Gasteiger partial charge in [-0.25, -0.2) is 0 Å². The van der Waals surface area contributed by atoms with E-state index < -0.39 is 0 Å². The molecular formula is C18H36O2. The first kappa shape index (κ1) is 18.0. The van der Waals surface area contributed by atoms with E-state index in [4.69, 9.17) is 4.74 Å². The van der Waals surface area contributed by atoms with Gasteiger partial charge in [-0.3, -0.25) is 0 Å². The Morgan fingerprint density at radius 1 is 0.900 bits per heavy atom. The molecule has 1 saturated heterocycles. The molecule has 2 atom stereocenters. The number of aliphatic hydroxyl groups excluding tert-OH is 1. The van der Waals surface area contributed by atoms with Gasteiger partial charge in [0.15, 0.2) is 0 Å². The highest BCUT2D eigenvalue weighted by atomic mass is 16.5. The van der Waals surface area contributed by atoms with Gasteiger partial charge in [-0.15, -0.1) is 0 Å². The average molecular weight is 284 g/mol. The number of rotatable bonds is 11. The van der Waals surface area contributed by atoms with Crippen molar-refractivity contribution in [3.63, 3.8) is 0 Å². The van der Waals surface area contributed by atoms with Gasteiger partial charge >= 0.3 is 0 Å². The highest BCUT2D eigenvalue weighted by Gasteiger charge is 2.41. The molecule has 2 nitrogen and oxygen atoms in total. The Morgan fingerprint density at radius 2 is 1.45 bits per heavy atom. The molecule has 0 aromatic heterocycles. The lowest BCUT2D eigenvalue weighted by Gasteiger charge is -2.37. The van der Waals surface area contributed by atoms with Crippen LogP contribution in [0.3, 0.4) is 0 Å². The summed E-state index contributed by atoms with van der Waals surface area (Å²) in [5, 5.41) is 10.2. The second-order valence-electron chi connectivity index (χ2n) is 6.99. The third kappa shape index (κ3) is 5.73. The monoisotopic (exact) mass is 284 g/mol. The third-order valence-electron chi connectivity index (χ3n) is 5.15. The van der Waals surface area contributed by atoms with E-state index in [1.165, 1.54) is 64.2 Å². The molecule has 20 heavy (non-hydrogen) atoms. The van der Waals surface area contributed by atoms with Gasteiger partial charge in [0.05, 0.1) is 19.3 Å². The van der Waals surface area contributed by atoms with E-state index in [2.05, 4.69) is 20.8 Å². The van der Waals surface area contributed by atoms with Crippen LogP contribution in [0.15, 0.2) is 0 Å². The maximum Gasteiger partial charge on any atom is 0.0828 e. The van der Waals surface area contributed by atoms with E-state index in [1.807, 2.05) is 0 Å². The molecule has 0 bridgehead atoms. The van der Waals surface area contributed by atoms with Crippen LogP contribution in [0.5, 0.6) is 0 Å². The molecule has 0 amide bonds. The summed E-state index contributed by atoms with van der Waals surface area (Å²) in [6.07, 6.45) is 12.8. The second kappa shape index (κ2) is 9.78. The van der Waals surface area contributed by atoms with Crippen molar-refractivity contribution in [2.24, 2.45) is 11.3 Å². The number of aliphatic hydroxyl groups is 1. The van der Waals surface area contributed by atoms with Gasteiger partial charge in [-0.2, -0.15) is 0 Å². The van der Waals surface area contributed by atoms with Gasteiger partial charge < -0.3 is 9.84 Å². The zero-order chi connectivity index (χ0) is 14.8. The first-order valence-electron chi connectivity index (χ1n) is 8.90. The van der Waals surface area contributed by atoms with Gasteiger partial charge in [0.25, 0.3) is 0 Å². The number of hydrogen-bond acceptors (Lipinski definition) is 2. The Morgan fingerprint density at radius 3 is 1.85 bits per heavy atom. The summed E-state index contributed by atoms with van der Waals surface area (Å²) in [5.74, 6) is 0.353. The van der Waals surface area contributed by atoms with Crippen LogP contribution in [0.25, 0.3) is 0 Å². The summed E-state index contributed by atoms with van der Waals surface area (Å²) >= 11 is 0. The van der Waals surface area contributed by atoms with Crippen LogP contribution < -0.4 is 0 Å². The molecule has 0 aromatic rings. The average Bonchev–Trinajstić information content (AvgIpc) is 2.87. The summed E-state index contributed by atoms with van der Waals surface area (Å²) < 4.78 is 5.52. The van der Waals surface area contributed by atoms with Crippen molar-refractivity contribution in [3.05, 3.63) is 0 Å². The number of ether oxygens (including phenoxy) is 1. The topological polar surface area (TPSA) is 29.5 Å². The second-order valence-corrected chi connectivity index (χ2v) is 6.99. The highest BCUT2D eigenvalue weighted by Crippen LogP contribution is 2.42. The quantitative estimate of drug-likeness (QED) is 0.544. The molecule has 0 radical (unpaired) electrons. The minimum atomic E-state index is -0.239. The van der Waals surface area contributed by atoms with Crippen molar-refractivity contribution in [1.82, 2.24) is 0 Å². The molecule has 2 unspecified atom stereocenters. The van der Waals surface area contributed by atoms with Crippen LogP contribution in [0.1, 0.15) is 85.0 Å². The number of hydrogen-bond donors (Lipinski definition) is 1. The Kier molecular flexibility index (Phi) is 8.79. The van der Waals surface area contributed by atoms with Gasteiger partial charge in [0.1, 0.15) is 0 Å². The van der Waals surface area contributed by atoms with E-state index in [1.54, 1.807) is 0 Å². The van der Waals surface area contributed by atoms with Crippen molar-refractivity contribution in [1.29, 1.82) is 0 Å². The Labute approximate surface area is 126 Å². The van der Waals surface area contributed by atoms with E-state index >= 15 is 0 Å². The lowest BCUT2D eigenvalue weighted by atomic mass is 9.69. The minimum Gasteiger partial charge on any atom is -0.390 e. The van der Waals surface area contributed by atoms with Crippen molar-refractivity contribution in [3.8, 4) is 0 Å². The van der Waals surface area contributed by atoms with Crippen LogP contribution in [0, 0.1) is 11.3 Å². The van der Waals surface area contributed by atoms with E-state index in [-0.39, 0.29) is 11.5 Å². The third-order valence-corrected chi connectivity index (χ3v) is 5.15. The first-order chi connectivity index (χ1) is 9.64. The molecule has 1 N–H and O–H groups in total. The smallest absolute Gasteiger partial charge is 0.0828 e. The van der Waals surface area contributed by atoms with Crippen LogP contribution in [0.2, 0.25) is 0 Å². The lowest BCUT2D eigenvalue weighted by Crippen LogP contribution is -2.35. The zero-order valence-electron chi connectivity index (χ0n) is 14.0. The molecule has 1 aliphatic heterocycles. The minimum absolute atomic E-state index is 0.239. The zero-order valence-corrected chi connectivity index (χ0v) is 14.0. The van der Waals surface area contributed by atoms with Crippen molar-refractivity contribution in [2.75, 3.05) is 13.2 Å². The summed E-state index contributed by atoms with van der Waals surface area (Å²) in [5.41, 5.74) is 0.275. The largest absolute Gasteiger partial charge is 0.390 e. The first-order valence-corrected chi connectivity index (χ1v) is 8.90. The maximum atomic E-state index is 10.2. The highest BCUT2D eigenvalue weighted by molar-refractivity contribution is 4.89. The van der Waals surface area contributed by atoms with E-state index in [9.17, 15) is 5.11 Å². The van der Waals surface area contributed by atoms with Gasteiger partial charge in [0.2, 0.25) is 0 Å². The predicted octanol–water partition coefficient (Wildman–Crippen LogP) is 4.94. The van der Waals surface area contributed by atoms with Crippen LogP contribution in [0.4, 0.5) is 0 Å². The molecule has 1 aliphatic rings. The lowest BCUT2D eigenvalue weighted by molar-refractivity contribution is 0.0463. The summed E-state index contributed by atoms with van der Waals surface area (Å²) in [6, 6.07) is 0. The normalized spacial score (nSPS) is 23.4. The van der Waals surface area contributed by atoms with Gasteiger partial charge in [-0.05, 0) is 18.3 Å². The summed E-state index contributed by atoms with van der Waals surface area (Å²) in [4.78, 5) is 0. The Bertz CT molecular complexity index is 228. The fourth-order valence-electron chi connectivity index (χ4n) is 3.62. The van der Waals surface area contributed by atoms with Crippen molar-refractivity contribution < 1.29 is 9.84 Å². The molecule has 120 valence electrons. The molecule has 0 aromatic carbocycles. The van der Waals surface area contributed by atoms with Crippen molar-refractivity contribution >= 4 is 0 Å². The van der Waals surface area contributed by atoms with E-state index in [0.29, 0.717) is 12.5 Å². The molecule has 1 heterocycles. The van der Waals surface area contributed by atoms with Gasteiger partial charge in [-0.1, -0.05) is 72.1 Å². The van der Waals surface area contributed by atoms with Gasteiger partial charge in [0, 0.05) is 5.92 Å². The van der Waals surface area contributed by atoms with Crippen LogP contribution in [-0.4, -0.2) is 24.4 Å². The summed E-state index contributed by atoms with van der Waals surface area (Å²) in [7, 11) is 0. The fraction of sp³-hybridized carbons (Fsp3) is 1.00. The molecule has 0 aliphatic carbocycles. The molecular weight excluding hydrogens is 248 g/mol. The molecule has 1 fully saturated rings. The molecule has 0 spiro atoms. The molecule has 1 rings (SSSR count). The van der Waals surface area contributed by atoms with Crippen LogP contribution >= 0.6 is 0 Å². The predicted molar refractivity (Wildman–Crippen MR) is 85.9 cm³/mol. The SMILES string of the molecule is CCCCCCC(C)(CCCCCC)C1COCC1O. The van der Waals surface area contributed by atoms with Crippen molar-refractivity contribution in [2.45, 2.75) is 91.1 Å². The van der Waals surface area contributed by atoms with E-state index in [0.717, 1.165) is 6.61 Å².